The lowest BCUT2D eigenvalue weighted by Crippen LogP contribution is -2.21. The molecule has 2 aromatic heterocycles. The largest absolute Gasteiger partial charge is 0.308 e. The molecule has 1 aromatic carbocycles. The van der Waals surface area contributed by atoms with Gasteiger partial charge >= 0.3 is 0 Å². The van der Waals surface area contributed by atoms with Gasteiger partial charge in [0.25, 0.3) is 0 Å². The summed E-state index contributed by atoms with van der Waals surface area (Å²) in [5.41, 5.74) is 3.81. The van der Waals surface area contributed by atoms with E-state index in [0.717, 1.165) is 26.9 Å². The molecular formula is C13H13BrN6. The highest BCUT2D eigenvalue weighted by atomic mass is 79.9. The molecular weight excluding hydrogens is 320 g/mol. The van der Waals surface area contributed by atoms with Crippen LogP contribution >= 0.6 is 15.9 Å². The second-order valence-electron chi connectivity index (χ2n) is 4.42. The fraction of sp³-hybridized carbons (Fsp3) is 0.231. The third-order valence-corrected chi connectivity index (χ3v) is 3.78. The molecule has 102 valence electrons. The number of aromatic nitrogens is 5. The van der Waals surface area contributed by atoms with Crippen molar-refractivity contribution in [2.24, 2.45) is 7.05 Å². The van der Waals surface area contributed by atoms with Crippen LogP contribution in [-0.2, 0) is 7.05 Å². The molecule has 1 N–H and O–H groups in total. The summed E-state index contributed by atoms with van der Waals surface area (Å²) in [5.74, 6) is 0. The van der Waals surface area contributed by atoms with E-state index >= 15 is 0 Å². The van der Waals surface area contributed by atoms with Gasteiger partial charge in [0.15, 0.2) is 4.60 Å². The first-order valence-corrected chi connectivity index (χ1v) is 6.93. The Labute approximate surface area is 124 Å². The smallest absolute Gasteiger partial charge is 0.153 e. The number of hydrogen-bond donors (Lipinski definition) is 1. The molecule has 0 amide bonds. The van der Waals surface area contributed by atoms with E-state index in [1.165, 1.54) is 0 Å². The minimum Gasteiger partial charge on any atom is -0.308 e. The number of halogens is 1. The second kappa shape index (κ2) is 5.26. The first-order chi connectivity index (χ1) is 9.70. The highest BCUT2D eigenvalue weighted by Gasteiger charge is 2.20. The van der Waals surface area contributed by atoms with E-state index in [1.54, 1.807) is 17.1 Å². The summed E-state index contributed by atoms with van der Waals surface area (Å²) < 4.78 is 2.49. The van der Waals surface area contributed by atoms with Crippen LogP contribution in [0.4, 0.5) is 0 Å². The topological polar surface area (TPSA) is 68.5 Å². The van der Waals surface area contributed by atoms with Crippen LogP contribution in [-0.4, -0.2) is 32.0 Å². The van der Waals surface area contributed by atoms with Crippen LogP contribution in [0.25, 0.3) is 11.0 Å². The van der Waals surface area contributed by atoms with Gasteiger partial charge in [-0.05, 0) is 40.7 Å². The molecule has 0 aliphatic heterocycles. The number of benzene rings is 1. The monoisotopic (exact) mass is 332 g/mol. The maximum absolute atomic E-state index is 4.34. The van der Waals surface area contributed by atoms with Crippen LogP contribution in [0.2, 0.25) is 0 Å². The molecule has 0 radical (unpaired) electrons. The lowest BCUT2D eigenvalue weighted by Gasteiger charge is -2.17. The van der Waals surface area contributed by atoms with Gasteiger partial charge in [-0.15, -0.1) is 5.10 Å². The fourth-order valence-corrected chi connectivity index (χ4v) is 2.82. The van der Waals surface area contributed by atoms with Gasteiger partial charge in [-0.1, -0.05) is 11.3 Å². The molecule has 0 saturated heterocycles. The van der Waals surface area contributed by atoms with Crippen molar-refractivity contribution in [1.82, 2.24) is 30.3 Å². The highest BCUT2D eigenvalue weighted by Crippen LogP contribution is 2.27. The van der Waals surface area contributed by atoms with Crippen LogP contribution in [0.15, 0.2) is 35.2 Å². The number of hydrogen-bond acceptors (Lipinski definition) is 5. The summed E-state index contributed by atoms with van der Waals surface area (Å²) in [4.78, 5) is 8.63. The maximum atomic E-state index is 4.34. The predicted molar refractivity (Wildman–Crippen MR) is 79.1 cm³/mol. The molecule has 0 saturated carbocycles. The van der Waals surface area contributed by atoms with Crippen molar-refractivity contribution < 1.29 is 0 Å². The summed E-state index contributed by atoms with van der Waals surface area (Å²) >= 11 is 3.44. The first-order valence-electron chi connectivity index (χ1n) is 6.13. The molecule has 7 heteroatoms. The van der Waals surface area contributed by atoms with Gasteiger partial charge in [-0.25, -0.2) is 4.68 Å². The second-order valence-corrected chi connectivity index (χ2v) is 5.17. The molecule has 0 aliphatic carbocycles. The van der Waals surface area contributed by atoms with Crippen LogP contribution < -0.4 is 5.32 Å². The van der Waals surface area contributed by atoms with Gasteiger partial charge in [0, 0.05) is 19.4 Å². The zero-order valence-electron chi connectivity index (χ0n) is 11.1. The van der Waals surface area contributed by atoms with Gasteiger partial charge in [0.2, 0.25) is 0 Å². The van der Waals surface area contributed by atoms with Crippen LogP contribution in [0.5, 0.6) is 0 Å². The molecule has 20 heavy (non-hydrogen) atoms. The van der Waals surface area contributed by atoms with Gasteiger partial charge in [0.05, 0.1) is 22.8 Å². The molecule has 1 unspecified atom stereocenters. The van der Waals surface area contributed by atoms with Crippen LogP contribution in [0.1, 0.15) is 17.3 Å². The lowest BCUT2D eigenvalue weighted by atomic mass is 10.0. The molecule has 0 fully saturated rings. The predicted octanol–water partition coefficient (Wildman–Crippen LogP) is 1.83. The lowest BCUT2D eigenvalue weighted by molar-refractivity contribution is 0.597. The molecule has 0 aliphatic rings. The van der Waals surface area contributed by atoms with Crippen molar-refractivity contribution in [1.29, 1.82) is 0 Å². The Balaban J connectivity index is 2.12. The van der Waals surface area contributed by atoms with Gasteiger partial charge < -0.3 is 5.32 Å². The number of aryl methyl sites for hydroxylation is 1. The van der Waals surface area contributed by atoms with Gasteiger partial charge in [0.1, 0.15) is 0 Å². The van der Waals surface area contributed by atoms with Gasteiger partial charge in [-0.3, -0.25) is 9.97 Å². The Morgan fingerprint density at radius 2 is 1.95 bits per heavy atom. The average Bonchev–Trinajstić information content (AvgIpc) is 2.80. The summed E-state index contributed by atoms with van der Waals surface area (Å²) in [6, 6.07) is 6.02. The summed E-state index contributed by atoms with van der Waals surface area (Å²) in [6.45, 7) is 0. The van der Waals surface area contributed by atoms with Crippen molar-refractivity contribution in [3.8, 4) is 0 Å². The third kappa shape index (κ3) is 2.19. The zero-order valence-corrected chi connectivity index (χ0v) is 12.7. The van der Waals surface area contributed by atoms with Crippen molar-refractivity contribution in [3.05, 3.63) is 46.5 Å². The normalized spacial score (nSPS) is 12.8. The fourth-order valence-electron chi connectivity index (χ4n) is 2.27. The first kappa shape index (κ1) is 13.1. The van der Waals surface area contributed by atoms with E-state index < -0.39 is 0 Å². The van der Waals surface area contributed by atoms with E-state index in [4.69, 9.17) is 0 Å². The maximum Gasteiger partial charge on any atom is 0.153 e. The molecule has 0 spiro atoms. The quantitative estimate of drug-likeness (QED) is 0.792. The van der Waals surface area contributed by atoms with Gasteiger partial charge in [-0.2, -0.15) is 0 Å². The summed E-state index contributed by atoms with van der Waals surface area (Å²) in [7, 11) is 3.78. The van der Waals surface area contributed by atoms with Crippen LogP contribution in [0, 0.1) is 0 Å². The minimum absolute atomic E-state index is 0.0178. The number of rotatable bonds is 3. The number of fused-ring (bicyclic) bond motifs is 1. The van der Waals surface area contributed by atoms with Crippen molar-refractivity contribution in [3.63, 3.8) is 0 Å². The zero-order chi connectivity index (χ0) is 14.1. The molecule has 6 nitrogen and oxygen atoms in total. The Bertz CT molecular complexity index is 734. The standard InChI is InChI=1S/C13H13BrN6/c1-15-11(12-13(14)18-19-20(12)2)8-3-4-9-10(7-8)17-6-5-16-9/h3-7,11,15H,1-2H3. The van der Waals surface area contributed by atoms with Crippen molar-refractivity contribution >= 4 is 27.0 Å². The van der Waals surface area contributed by atoms with E-state index in [0.29, 0.717) is 0 Å². The molecule has 3 aromatic rings. The van der Waals surface area contributed by atoms with E-state index in [2.05, 4.69) is 41.5 Å². The van der Waals surface area contributed by atoms with Crippen molar-refractivity contribution in [2.75, 3.05) is 7.05 Å². The number of nitrogens with one attached hydrogen (secondary N) is 1. The number of nitrogens with zero attached hydrogens (tertiary/aromatic N) is 5. The van der Waals surface area contributed by atoms with Crippen molar-refractivity contribution in [2.45, 2.75) is 6.04 Å². The van der Waals surface area contributed by atoms with E-state index in [1.807, 2.05) is 32.3 Å². The van der Waals surface area contributed by atoms with E-state index in [-0.39, 0.29) is 6.04 Å². The average molecular weight is 333 g/mol. The van der Waals surface area contributed by atoms with E-state index in [9.17, 15) is 0 Å². The molecule has 2 heterocycles. The SMILES string of the molecule is CNC(c1ccc2nccnc2c1)c1c(Br)nnn1C. The highest BCUT2D eigenvalue weighted by molar-refractivity contribution is 9.10. The Kier molecular flexibility index (Phi) is 3.45. The minimum atomic E-state index is -0.0178. The van der Waals surface area contributed by atoms with Crippen LogP contribution in [0.3, 0.4) is 0 Å². The summed E-state index contributed by atoms with van der Waals surface area (Å²) in [6.07, 6.45) is 3.39. The molecule has 1 atom stereocenters. The molecule has 3 rings (SSSR count). The third-order valence-electron chi connectivity index (χ3n) is 3.22. The Morgan fingerprint density at radius 1 is 1.20 bits per heavy atom. The summed E-state index contributed by atoms with van der Waals surface area (Å²) in [5, 5.41) is 11.3. The Morgan fingerprint density at radius 3 is 2.60 bits per heavy atom. The molecule has 0 bridgehead atoms. The Hall–Kier alpha value is -1.86.